The van der Waals surface area contributed by atoms with Gasteiger partial charge in [0.1, 0.15) is 0 Å². The van der Waals surface area contributed by atoms with Crippen LogP contribution in [0.4, 0.5) is 0 Å². The molecule has 0 amide bonds. The molecule has 2 aromatic rings. The van der Waals surface area contributed by atoms with Crippen LogP contribution in [0.5, 0.6) is 0 Å². The number of allylic oxidation sites excluding steroid dienone is 8. The Hall–Kier alpha value is -0.594. The molecule has 0 atom stereocenters. The number of rotatable bonds is 4. The molecule has 0 spiro atoms. The van der Waals surface area contributed by atoms with Crippen LogP contribution in [-0.4, -0.2) is 12.1 Å². The van der Waals surface area contributed by atoms with E-state index < -0.39 is 15.7 Å². The van der Waals surface area contributed by atoms with Crippen molar-refractivity contribution in [2.75, 3.05) is 0 Å². The number of benzene rings is 2. The van der Waals surface area contributed by atoms with E-state index in [9.17, 15) is 0 Å². The van der Waals surface area contributed by atoms with Crippen molar-refractivity contribution in [2.45, 2.75) is 49.8 Å². The van der Waals surface area contributed by atoms with E-state index in [1.807, 2.05) is 6.56 Å². The van der Waals surface area contributed by atoms with E-state index in [-0.39, 0.29) is 24.8 Å². The molecule has 0 nitrogen and oxygen atoms in total. The first-order valence-corrected chi connectivity index (χ1v) is 29.0. The second-order valence-corrected chi connectivity index (χ2v) is 52.8. The second-order valence-electron chi connectivity index (χ2n) is 10.3. The monoisotopic (exact) mass is 606 g/mol. The van der Waals surface area contributed by atoms with Gasteiger partial charge in [0.15, 0.2) is 0 Å². The van der Waals surface area contributed by atoms with Crippen molar-refractivity contribution in [1.29, 1.82) is 0 Å². The SMILES string of the molecule is CC1=[C]([Zr]([CH3])([CH3])(=[GeH2])[C]2=C(C)C(c3ccc(C)cc3)=CC2)CC=C1c1ccc(C)cc1.Cl.Cl. The zero-order valence-electron chi connectivity index (χ0n) is 20.2. The number of hydrogen-bond donors (Lipinski definition) is 0. The Bertz CT molecular complexity index is 1130. The standard InChI is InChI=1S/2C13H13.2CH3.2ClH.GeH2.Zr/c2*1-10-6-8-12(9-7-10)13-5-3-4-11(13)2;;;;;;/h2*5-9H,3H2,1-2H3;2*1H3;2*1H;1H2;. The van der Waals surface area contributed by atoms with Gasteiger partial charge in [0.05, 0.1) is 0 Å². The summed E-state index contributed by atoms with van der Waals surface area (Å²) in [5.41, 5.74) is 11.5. The molecule has 0 N–H and O–H groups in total. The molecule has 170 valence electrons. The second kappa shape index (κ2) is 9.95. The summed E-state index contributed by atoms with van der Waals surface area (Å²) in [6, 6.07) is 18.2. The van der Waals surface area contributed by atoms with E-state index in [2.05, 4.69) is 97.6 Å². The van der Waals surface area contributed by atoms with Gasteiger partial charge in [-0.05, 0) is 0 Å². The molecule has 2 aliphatic rings. The zero-order valence-corrected chi connectivity index (χ0v) is 27.3. The van der Waals surface area contributed by atoms with E-state index in [4.69, 9.17) is 0 Å². The van der Waals surface area contributed by atoms with Crippen molar-refractivity contribution < 1.29 is 15.7 Å². The third kappa shape index (κ3) is 4.93. The molecule has 0 aromatic heterocycles. The van der Waals surface area contributed by atoms with Gasteiger partial charge >= 0.3 is 189 Å². The Morgan fingerprint density at radius 2 is 0.906 bits per heavy atom. The molecule has 0 aliphatic heterocycles. The quantitative estimate of drug-likeness (QED) is 0.307. The number of hydrogen-bond acceptors (Lipinski definition) is 0. The smallest absolute Gasteiger partial charge is 0.147 e. The normalized spacial score (nSPS) is 16.5. The van der Waals surface area contributed by atoms with Crippen molar-refractivity contribution in [3.8, 4) is 0 Å². The molecule has 0 fully saturated rings. The van der Waals surface area contributed by atoms with Crippen molar-refractivity contribution in [3.63, 3.8) is 0 Å². The fraction of sp³-hybridized carbons (Fsp3) is 0.286. The van der Waals surface area contributed by atoms with E-state index in [0.717, 1.165) is 12.8 Å². The van der Waals surface area contributed by atoms with Gasteiger partial charge in [-0.25, -0.2) is 0 Å². The van der Waals surface area contributed by atoms with Crippen molar-refractivity contribution in [3.05, 3.63) is 101 Å². The Labute approximate surface area is 212 Å². The van der Waals surface area contributed by atoms with Gasteiger partial charge in [-0.3, -0.25) is 0 Å². The Kier molecular flexibility index (Phi) is 8.60. The minimum absolute atomic E-state index is 0. The first-order chi connectivity index (χ1) is 14.1. The molecule has 0 heterocycles. The maximum atomic E-state index is 2.71. The zero-order chi connectivity index (χ0) is 21.7. The molecule has 0 unspecified atom stereocenters. The first-order valence-electron chi connectivity index (χ1n) is 11.1. The Morgan fingerprint density at radius 3 is 1.22 bits per heavy atom. The predicted octanol–water partition coefficient (Wildman–Crippen LogP) is 8.30. The summed E-state index contributed by atoms with van der Waals surface area (Å²) in [4.78, 5) is 0. The van der Waals surface area contributed by atoms with Crippen molar-refractivity contribution >= 4 is 48.1 Å². The molecule has 0 bridgehead atoms. The summed E-state index contributed by atoms with van der Waals surface area (Å²) in [6.45, 7) is 9.12. The van der Waals surface area contributed by atoms with Crippen LogP contribution in [0.15, 0.2) is 78.4 Å². The van der Waals surface area contributed by atoms with Crippen LogP contribution in [0, 0.1) is 13.8 Å². The Balaban J connectivity index is 0.00000181. The molecule has 0 saturated heterocycles. The maximum absolute atomic E-state index is 3.13. The molecule has 0 radical (unpaired) electrons. The number of aryl methyl sites for hydroxylation is 2. The van der Waals surface area contributed by atoms with Gasteiger partial charge in [0.25, 0.3) is 0 Å². The summed E-state index contributed by atoms with van der Waals surface area (Å²) in [6.07, 6.45) is 7.32. The van der Waals surface area contributed by atoms with E-state index >= 15 is 0 Å². The van der Waals surface area contributed by atoms with Gasteiger partial charge in [0, 0.05) is 0 Å². The minimum atomic E-state index is -3.13. The largest absolute Gasteiger partial charge is 0.147 e. The summed E-state index contributed by atoms with van der Waals surface area (Å²) < 4.78 is 9.05. The molecule has 2 aromatic carbocycles. The number of halogens is 2. The third-order valence-corrected chi connectivity index (χ3v) is 30.4. The predicted molar refractivity (Wildman–Crippen MR) is 148 cm³/mol. The summed E-state index contributed by atoms with van der Waals surface area (Å²) in [7, 11) is 0. The van der Waals surface area contributed by atoms with Crippen LogP contribution in [-0.2, 0) is 15.7 Å². The van der Waals surface area contributed by atoms with Gasteiger partial charge in [-0.15, -0.1) is 24.8 Å². The summed E-state index contributed by atoms with van der Waals surface area (Å²) in [5.74, 6) is 0. The van der Waals surface area contributed by atoms with Crippen molar-refractivity contribution in [1.82, 2.24) is 0 Å². The molecular weight excluding hydrogens is 571 g/mol. The molecule has 4 heteroatoms. The van der Waals surface area contributed by atoms with Crippen LogP contribution in [0.3, 0.4) is 0 Å². The van der Waals surface area contributed by atoms with Crippen LogP contribution in [0.2, 0.25) is 9.26 Å². The topological polar surface area (TPSA) is 0 Å². The van der Waals surface area contributed by atoms with Gasteiger partial charge in [-0.2, -0.15) is 0 Å². The van der Waals surface area contributed by atoms with Gasteiger partial charge < -0.3 is 0 Å². The molecule has 4 rings (SSSR count). The van der Waals surface area contributed by atoms with Crippen LogP contribution >= 0.6 is 24.8 Å². The minimum Gasteiger partial charge on any atom is -0.147 e. The third-order valence-electron chi connectivity index (χ3n) is 7.39. The van der Waals surface area contributed by atoms with Crippen LogP contribution in [0.1, 0.15) is 48.9 Å². The van der Waals surface area contributed by atoms with Crippen LogP contribution in [0.25, 0.3) is 11.1 Å². The van der Waals surface area contributed by atoms with E-state index in [1.54, 1.807) is 11.1 Å². The molecule has 32 heavy (non-hydrogen) atoms. The van der Waals surface area contributed by atoms with E-state index in [0.29, 0.717) is 0 Å². The van der Waals surface area contributed by atoms with E-state index in [1.165, 1.54) is 45.5 Å². The summed E-state index contributed by atoms with van der Waals surface area (Å²) in [5, 5.41) is 0. The van der Waals surface area contributed by atoms with Crippen LogP contribution < -0.4 is 0 Å². The van der Waals surface area contributed by atoms with Crippen molar-refractivity contribution in [2.24, 2.45) is 0 Å². The average molecular weight is 607 g/mol. The fourth-order valence-electron chi connectivity index (χ4n) is 5.52. The molecule has 2 aliphatic carbocycles. The molecular formula is C28H36Cl2GeZr. The average Bonchev–Trinajstić information content (AvgIpc) is 3.27. The fourth-order valence-corrected chi connectivity index (χ4v) is 26.9. The maximum Gasteiger partial charge on any atom is -0.147 e. The first kappa shape index (κ1) is 27.6. The van der Waals surface area contributed by atoms with Gasteiger partial charge in [0.2, 0.25) is 0 Å². The summed E-state index contributed by atoms with van der Waals surface area (Å²) >= 11 is -1.69. The van der Waals surface area contributed by atoms with Gasteiger partial charge in [-0.1, -0.05) is 0 Å². The Morgan fingerprint density at radius 1 is 0.594 bits per heavy atom. The molecule has 0 saturated carbocycles.